The highest BCUT2D eigenvalue weighted by atomic mass is 16.6. The summed E-state index contributed by atoms with van der Waals surface area (Å²) in [6, 6.07) is 14.0. The molecule has 134 valence electrons. The smallest absolute Gasteiger partial charge is 0.339 e. The summed E-state index contributed by atoms with van der Waals surface area (Å²) in [6.07, 6.45) is -0.434. The summed E-state index contributed by atoms with van der Waals surface area (Å²) in [5, 5.41) is 6.70. The van der Waals surface area contributed by atoms with Crippen LogP contribution in [0.2, 0.25) is 0 Å². The Bertz CT molecular complexity index is 845. The van der Waals surface area contributed by atoms with Gasteiger partial charge in [-0.1, -0.05) is 17.3 Å². The van der Waals surface area contributed by atoms with Crippen LogP contribution in [0, 0.1) is 0 Å². The van der Waals surface area contributed by atoms with E-state index in [0.29, 0.717) is 17.8 Å². The maximum Gasteiger partial charge on any atom is 0.339 e. The van der Waals surface area contributed by atoms with Crippen LogP contribution < -0.4 is 10.1 Å². The third kappa shape index (κ3) is 3.66. The molecule has 0 fully saturated rings. The predicted octanol–water partition coefficient (Wildman–Crippen LogP) is 2.61. The van der Waals surface area contributed by atoms with E-state index in [-0.39, 0.29) is 11.5 Å². The maximum atomic E-state index is 12.5. The number of ether oxygens (including phenoxy) is 2. The molecule has 2 aromatic rings. The van der Waals surface area contributed by atoms with E-state index >= 15 is 0 Å². The van der Waals surface area contributed by atoms with Crippen LogP contribution in [0.25, 0.3) is 0 Å². The largest absolute Gasteiger partial charge is 0.497 e. The zero-order valence-electron chi connectivity index (χ0n) is 14.4. The number of carbonyl (C=O) groups is 2. The fourth-order valence-electron chi connectivity index (χ4n) is 2.57. The monoisotopic (exact) mass is 354 g/mol. The molecule has 0 saturated heterocycles. The van der Waals surface area contributed by atoms with Crippen molar-refractivity contribution in [2.75, 3.05) is 19.5 Å². The Morgan fingerprint density at radius 3 is 2.54 bits per heavy atom. The fraction of sp³-hybridized carbons (Fsp3) is 0.211. The fourth-order valence-corrected chi connectivity index (χ4v) is 2.57. The van der Waals surface area contributed by atoms with Crippen molar-refractivity contribution < 1.29 is 23.9 Å². The van der Waals surface area contributed by atoms with Gasteiger partial charge in [0.25, 0.3) is 5.91 Å². The van der Waals surface area contributed by atoms with Crippen LogP contribution in [0.15, 0.2) is 53.7 Å². The van der Waals surface area contributed by atoms with Crippen molar-refractivity contribution >= 4 is 23.3 Å². The summed E-state index contributed by atoms with van der Waals surface area (Å²) >= 11 is 0. The lowest BCUT2D eigenvalue weighted by atomic mass is 10.0. The second-order valence-corrected chi connectivity index (χ2v) is 5.59. The van der Waals surface area contributed by atoms with Gasteiger partial charge in [0.05, 0.1) is 31.2 Å². The number of esters is 1. The van der Waals surface area contributed by atoms with Crippen LogP contribution in [0.5, 0.6) is 5.75 Å². The van der Waals surface area contributed by atoms with Crippen LogP contribution in [-0.4, -0.2) is 37.9 Å². The summed E-state index contributed by atoms with van der Waals surface area (Å²) in [5.41, 5.74) is 2.17. The van der Waals surface area contributed by atoms with Crippen molar-refractivity contribution in [1.29, 1.82) is 0 Å². The number of anilines is 1. The minimum atomic E-state index is -0.766. The Kier molecular flexibility index (Phi) is 5.17. The molecular formula is C19H18N2O5. The van der Waals surface area contributed by atoms with E-state index < -0.39 is 12.1 Å². The number of rotatable bonds is 5. The summed E-state index contributed by atoms with van der Waals surface area (Å²) in [4.78, 5) is 29.5. The molecule has 1 amide bonds. The van der Waals surface area contributed by atoms with Gasteiger partial charge in [-0.05, 0) is 42.0 Å². The average molecular weight is 354 g/mol. The van der Waals surface area contributed by atoms with Gasteiger partial charge in [0.2, 0.25) is 6.10 Å². The van der Waals surface area contributed by atoms with Gasteiger partial charge in [0.1, 0.15) is 5.75 Å². The van der Waals surface area contributed by atoms with Crippen molar-refractivity contribution in [3.63, 3.8) is 0 Å². The minimum Gasteiger partial charge on any atom is -0.497 e. The third-order valence-corrected chi connectivity index (χ3v) is 3.97. The first-order valence-corrected chi connectivity index (χ1v) is 7.97. The molecule has 2 aromatic carbocycles. The van der Waals surface area contributed by atoms with Gasteiger partial charge >= 0.3 is 5.97 Å². The molecule has 0 saturated carbocycles. The van der Waals surface area contributed by atoms with Crippen LogP contribution in [0.3, 0.4) is 0 Å². The quantitative estimate of drug-likeness (QED) is 0.834. The zero-order valence-corrected chi connectivity index (χ0v) is 14.4. The van der Waals surface area contributed by atoms with E-state index in [0.717, 1.165) is 11.3 Å². The lowest BCUT2D eigenvalue weighted by molar-refractivity contribution is -0.125. The van der Waals surface area contributed by atoms with Crippen molar-refractivity contribution in [1.82, 2.24) is 0 Å². The Morgan fingerprint density at radius 2 is 1.85 bits per heavy atom. The predicted molar refractivity (Wildman–Crippen MR) is 95.4 cm³/mol. The molecule has 0 aromatic heterocycles. The highest BCUT2D eigenvalue weighted by molar-refractivity contribution is 6.07. The van der Waals surface area contributed by atoms with Crippen molar-refractivity contribution in [2.24, 2.45) is 5.16 Å². The molecular weight excluding hydrogens is 336 g/mol. The molecule has 0 spiro atoms. The number of benzene rings is 2. The number of hydrogen-bond acceptors (Lipinski definition) is 6. The molecule has 7 heteroatoms. The van der Waals surface area contributed by atoms with E-state index in [1.807, 2.05) is 24.3 Å². The van der Waals surface area contributed by atoms with Gasteiger partial charge in [-0.3, -0.25) is 4.79 Å². The Hall–Kier alpha value is -3.35. The molecule has 1 atom stereocenters. The third-order valence-electron chi connectivity index (χ3n) is 3.97. The molecule has 7 nitrogen and oxygen atoms in total. The van der Waals surface area contributed by atoms with Gasteiger partial charge < -0.3 is 19.6 Å². The van der Waals surface area contributed by atoms with Gasteiger partial charge in [-0.25, -0.2) is 4.79 Å². The SMILES string of the molecule is COC(=O)c1ccccc1NC(=O)[C@H]1CC(c2ccc(OC)cc2)=NO1. The van der Waals surface area contributed by atoms with Gasteiger partial charge in [0.15, 0.2) is 0 Å². The molecule has 1 aliphatic rings. The minimum absolute atomic E-state index is 0.276. The number of para-hydroxylation sites is 1. The first-order valence-electron chi connectivity index (χ1n) is 7.97. The average Bonchev–Trinajstić information content (AvgIpc) is 3.18. The lowest BCUT2D eigenvalue weighted by Gasteiger charge is -2.12. The van der Waals surface area contributed by atoms with Crippen molar-refractivity contribution in [3.8, 4) is 5.75 Å². The Morgan fingerprint density at radius 1 is 1.12 bits per heavy atom. The highest BCUT2D eigenvalue weighted by Gasteiger charge is 2.29. The maximum absolute atomic E-state index is 12.5. The lowest BCUT2D eigenvalue weighted by Crippen LogP contribution is -2.28. The van der Waals surface area contributed by atoms with Crippen LogP contribution in [-0.2, 0) is 14.4 Å². The zero-order chi connectivity index (χ0) is 18.5. The first kappa shape index (κ1) is 17.5. The molecule has 0 radical (unpaired) electrons. The van der Waals surface area contributed by atoms with Gasteiger partial charge in [0, 0.05) is 6.42 Å². The normalized spacial score (nSPS) is 15.6. The number of nitrogens with one attached hydrogen (secondary N) is 1. The second kappa shape index (κ2) is 7.69. The van der Waals surface area contributed by atoms with Crippen LogP contribution >= 0.6 is 0 Å². The molecule has 1 N–H and O–H groups in total. The molecule has 0 unspecified atom stereocenters. The number of oxime groups is 1. The van der Waals surface area contributed by atoms with Crippen molar-refractivity contribution in [2.45, 2.75) is 12.5 Å². The highest BCUT2D eigenvalue weighted by Crippen LogP contribution is 2.22. The summed E-state index contributed by atoms with van der Waals surface area (Å²) in [7, 11) is 2.88. The van der Waals surface area contributed by atoms with Gasteiger partial charge in [-0.15, -0.1) is 0 Å². The van der Waals surface area contributed by atoms with Gasteiger partial charge in [-0.2, -0.15) is 0 Å². The number of amides is 1. The van der Waals surface area contributed by atoms with E-state index in [2.05, 4.69) is 10.5 Å². The molecule has 1 aliphatic heterocycles. The Balaban J connectivity index is 1.67. The summed E-state index contributed by atoms with van der Waals surface area (Å²) < 4.78 is 9.85. The number of nitrogens with zero attached hydrogens (tertiary/aromatic N) is 1. The van der Waals surface area contributed by atoms with Crippen LogP contribution in [0.1, 0.15) is 22.3 Å². The standard InChI is InChI=1S/C19H18N2O5/c1-24-13-9-7-12(8-10-13)16-11-17(26-21-16)18(22)20-15-6-4-3-5-14(15)19(23)25-2/h3-10,17H,11H2,1-2H3,(H,20,22)/t17-/m1/s1. The second-order valence-electron chi connectivity index (χ2n) is 5.59. The molecule has 0 aliphatic carbocycles. The molecule has 0 bridgehead atoms. The summed E-state index contributed by atoms with van der Waals surface area (Å²) in [5.74, 6) is -0.168. The van der Waals surface area contributed by atoms with E-state index in [9.17, 15) is 9.59 Å². The number of methoxy groups -OCH3 is 2. The topological polar surface area (TPSA) is 86.2 Å². The number of hydrogen-bond donors (Lipinski definition) is 1. The molecule has 26 heavy (non-hydrogen) atoms. The van der Waals surface area contributed by atoms with E-state index in [1.165, 1.54) is 7.11 Å². The van der Waals surface area contributed by atoms with E-state index in [4.69, 9.17) is 14.3 Å². The Labute approximate surface area is 150 Å². The molecule has 1 heterocycles. The molecule has 3 rings (SSSR count). The first-order chi connectivity index (χ1) is 12.6. The number of carbonyl (C=O) groups excluding carboxylic acids is 2. The van der Waals surface area contributed by atoms with Crippen molar-refractivity contribution in [3.05, 3.63) is 59.7 Å². The van der Waals surface area contributed by atoms with Crippen LogP contribution in [0.4, 0.5) is 5.69 Å². The summed E-state index contributed by atoms with van der Waals surface area (Å²) in [6.45, 7) is 0. The van der Waals surface area contributed by atoms with E-state index in [1.54, 1.807) is 31.4 Å².